The number of carbonyl (C=O) groups is 1. The molecule has 0 fully saturated rings. The molecule has 2 heterocycles. The van der Waals surface area contributed by atoms with Gasteiger partial charge in [0.05, 0.1) is 12.5 Å². The number of furan rings is 1. The summed E-state index contributed by atoms with van der Waals surface area (Å²) >= 11 is 1.08. The molecule has 8 heteroatoms. The van der Waals surface area contributed by atoms with E-state index >= 15 is 0 Å². The summed E-state index contributed by atoms with van der Waals surface area (Å²) in [6.45, 7) is 2.18. The lowest BCUT2D eigenvalue weighted by Crippen LogP contribution is -2.24. The second kappa shape index (κ2) is 7.12. The van der Waals surface area contributed by atoms with Crippen LogP contribution in [0.5, 0.6) is 0 Å². The van der Waals surface area contributed by atoms with Gasteiger partial charge in [0.25, 0.3) is 15.9 Å². The Balaban J connectivity index is 1.77. The lowest BCUT2D eigenvalue weighted by atomic mass is 10.2. The minimum Gasteiger partial charge on any atom is -0.472 e. The highest BCUT2D eigenvalue weighted by atomic mass is 32.2. The predicted octanol–water partition coefficient (Wildman–Crippen LogP) is 3.38. The average molecular weight is 376 g/mol. The Bertz CT molecular complexity index is 959. The molecule has 0 aliphatic heterocycles. The summed E-state index contributed by atoms with van der Waals surface area (Å²) in [7, 11) is -3.85. The standard InChI is InChI=1S/C17H16N2O4S2/c1-12-2-4-14(5-3-12)19-25(21,22)15-7-9-24-16(15)17(20)18-10-13-6-8-23-11-13/h2-9,11,19H,10H2,1H3,(H,18,20). The maximum Gasteiger partial charge on any atom is 0.263 e. The third-order valence-electron chi connectivity index (χ3n) is 3.46. The van der Waals surface area contributed by atoms with E-state index in [1.165, 1.54) is 18.6 Å². The van der Waals surface area contributed by atoms with Crippen LogP contribution in [0, 0.1) is 6.92 Å². The van der Waals surface area contributed by atoms with E-state index in [4.69, 9.17) is 4.42 Å². The number of hydrogen-bond donors (Lipinski definition) is 2. The van der Waals surface area contributed by atoms with Gasteiger partial charge in [0, 0.05) is 17.8 Å². The summed E-state index contributed by atoms with van der Waals surface area (Å²) in [6.07, 6.45) is 3.03. The van der Waals surface area contributed by atoms with Crippen molar-refractivity contribution in [3.63, 3.8) is 0 Å². The van der Waals surface area contributed by atoms with Crippen molar-refractivity contribution in [1.29, 1.82) is 0 Å². The molecule has 3 rings (SSSR count). The van der Waals surface area contributed by atoms with E-state index in [1.54, 1.807) is 23.6 Å². The van der Waals surface area contributed by atoms with Gasteiger partial charge in [0.2, 0.25) is 0 Å². The van der Waals surface area contributed by atoms with Crippen molar-refractivity contribution in [1.82, 2.24) is 5.32 Å². The Hall–Kier alpha value is -2.58. The van der Waals surface area contributed by atoms with Crippen molar-refractivity contribution in [2.45, 2.75) is 18.4 Å². The van der Waals surface area contributed by atoms with Crippen LogP contribution in [0.4, 0.5) is 5.69 Å². The maximum atomic E-state index is 12.6. The molecule has 2 N–H and O–H groups in total. The fourth-order valence-corrected chi connectivity index (χ4v) is 4.57. The number of aryl methyl sites for hydroxylation is 1. The van der Waals surface area contributed by atoms with E-state index in [-0.39, 0.29) is 16.3 Å². The average Bonchev–Trinajstić information content (AvgIpc) is 3.26. The Morgan fingerprint density at radius 2 is 1.92 bits per heavy atom. The van der Waals surface area contributed by atoms with Gasteiger partial charge in [-0.25, -0.2) is 8.42 Å². The summed E-state index contributed by atoms with van der Waals surface area (Å²) in [6, 6.07) is 10.1. The number of rotatable bonds is 6. The summed E-state index contributed by atoms with van der Waals surface area (Å²) in [5.74, 6) is -0.444. The zero-order chi connectivity index (χ0) is 17.9. The number of amides is 1. The zero-order valence-corrected chi connectivity index (χ0v) is 15.0. The smallest absolute Gasteiger partial charge is 0.263 e. The van der Waals surface area contributed by atoms with Crippen molar-refractivity contribution >= 4 is 33.0 Å². The third kappa shape index (κ3) is 4.09. The van der Waals surface area contributed by atoms with Crippen molar-refractivity contribution in [3.05, 3.63) is 70.3 Å². The molecule has 6 nitrogen and oxygen atoms in total. The van der Waals surface area contributed by atoms with E-state index < -0.39 is 15.9 Å². The van der Waals surface area contributed by atoms with E-state index in [0.717, 1.165) is 22.5 Å². The molecule has 0 atom stereocenters. The summed E-state index contributed by atoms with van der Waals surface area (Å²) in [4.78, 5) is 12.4. The number of nitrogens with one attached hydrogen (secondary N) is 2. The van der Waals surface area contributed by atoms with Gasteiger partial charge in [-0.2, -0.15) is 0 Å². The molecule has 2 aromatic heterocycles. The quantitative estimate of drug-likeness (QED) is 0.690. The minimum atomic E-state index is -3.85. The highest BCUT2D eigenvalue weighted by Crippen LogP contribution is 2.24. The van der Waals surface area contributed by atoms with E-state index in [2.05, 4.69) is 10.0 Å². The molecular formula is C17H16N2O4S2. The topological polar surface area (TPSA) is 88.4 Å². The normalized spacial score (nSPS) is 11.2. The van der Waals surface area contributed by atoms with Crippen LogP contribution in [-0.4, -0.2) is 14.3 Å². The van der Waals surface area contributed by atoms with Gasteiger partial charge in [-0.1, -0.05) is 17.7 Å². The number of carbonyl (C=O) groups excluding carboxylic acids is 1. The van der Waals surface area contributed by atoms with Crippen molar-refractivity contribution in [2.75, 3.05) is 4.72 Å². The molecule has 130 valence electrons. The Morgan fingerprint density at radius 1 is 1.16 bits per heavy atom. The molecule has 0 aliphatic carbocycles. The molecule has 0 saturated heterocycles. The summed E-state index contributed by atoms with van der Waals surface area (Å²) in [5, 5.41) is 4.27. The molecule has 0 spiro atoms. The highest BCUT2D eigenvalue weighted by molar-refractivity contribution is 7.93. The monoisotopic (exact) mass is 376 g/mol. The molecule has 0 radical (unpaired) electrons. The first-order valence-corrected chi connectivity index (χ1v) is 9.78. The second-order valence-electron chi connectivity index (χ2n) is 5.40. The van der Waals surface area contributed by atoms with Gasteiger partial charge >= 0.3 is 0 Å². The Morgan fingerprint density at radius 3 is 2.60 bits per heavy atom. The van der Waals surface area contributed by atoms with E-state index in [0.29, 0.717) is 5.69 Å². The van der Waals surface area contributed by atoms with Gasteiger partial charge in [-0.15, -0.1) is 11.3 Å². The van der Waals surface area contributed by atoms with Gasteiger partial charge in [0.15, 0.2) is 0 Å². The first-order valence-electron chi connectivity index (χ1n) is 7.42. The van der Waals surface area contributed by atoms with Crippen LogP contribution in [0.3, 0.4) is 0 Å². The highest BCUT2D eigenvalue weighted by Gasteiger charge is 2.24. The van der Waals surface area contributed by atoms with Gasteiger partial charge in [-0.3, -0.25) is 9.52 Å². The first-order chi connectivity index (χ1) is 12.0. The van der Waals surface area contributed by atoms with Crippen LogP contribution in [-0.2, 0) is 16.6 Å². The minimum absolute atomic E-state index is 0.0391. The maximum absolute atomic E-state index is 12.6. The fourth-order valence-electron chi connectivity index (χ4n) is 2.16. The molecule has 1 amide bonds. The van der Waals surface area contributed by atoms with Crippen LogP contribution in [0.25, 0.3) is 0 Å². The van der Waals surface area contributed by atoms with E-state index in [1.807, 2.05) is 19.1 Å². The number of sulfonamides is 1. The third-order valence-corrected chi connectivity index (χ3v) is 5.93. The largest absolute Gasteiger partial charge is 0.472 e. The van der Waals surface area contributed by atoms with Crippen molar-refractivity contribution in [2.24, 2.45) is 0 Å². The Kier molecular flexibility index (Phi) is 4.91. The molecule has 3 aromatic rings. The van der Waals surface area contributed by atoms with E-state index in [9.17, 15) is 13.2 Å². The fraction of sp³-hybridized carbons (Fsp3) is 0.118. The molecule has 0 saturated carbocycles. The molecule has 0 aliphatic rings. The van der Waals surface area contributed by atoms with Crippen LogP contribution >= 0.6 is 11.3 Å². The molecule has 0 unspecified atom stereocenters. The number of benzene rings is 1. The summed E-state index contributed by atoms with van der Waals surface area (Å²) in [5.41, 5.74) is 2.27. The van der Waals surface area contributed by atoms with Crippen LogP contribution in [0.2, 0.25) is 0 Å². The van der Waals surface area contributed by atoms with Crippen molar-refractivity contribution < 1.29 is 17.6 Å². The van der Waals surface area contributed by atoms with Gasteiger partial charge in [-0.05, 0) is 36.6 Å². The van der Waals surface area contributed by atoms with Crippen LogP contribution in [0.1, 0.15) is 20.8 Å². The van der Waals surface area contributed by atoms with Crippen molar-refractivity contribution in [3.8, 4) is 0 Å². The molecular weight excluding hydrogens is 360 g/mol. The molecule has 25 heavy (non-hydrogen) atoms. The van der Waals surface area contributed by atoms with Crippen LogP contribution < -0.4 is 10.0 Å². The number of anilines is 1. The number of thiophene rings is 1. The molecule has 0 bridgehead atoms. The SMILES string of the molecule is Cc1ccc(NS(=O)(=O)c2ccsc2C(=O)NCc2ccoc2)cc1. The van der Waals surface area contributed by atoms with Crippen LogP contribution in [0.15, 0.2) is 63.6 Å². The lowest BCUT2D eigenvalue weighted by Gasteiger charge is -2.09. The number of hydrogen-bond acceptors (Lipinski definition) is 5. The molecule has 1 aromatic carbocycles. The van der Waals surface area contributed by atoms with Gasteiger partial charge < -0.3 is 9.73 Å². The first kappa shape index (κ1) is 17.2. The zero-order valence-electron chi connectivity index (χ0n) is 13.4. The predicted molar refractivity (Wildman–Crippen MR) is 96.2 cm³/mol. The summed E-state index contributed by atoms with van der Waals surface area (Å²) < 4.78 is 32.6. The Labute approximate surface area is 149 Å². The van der Waals surface area contributed by atoms with Gasteiger partial charge in [0.1, 0.15) is 9.77 Å². The lowest BCUT2D eigenvalue weighted by molar-refractivity contribution is 0.0952. The second-order valence-corrected chi connectivity index (χ2v) is 7.97.